The Morgan fingerprint density at radius 1 is 1.02 bits per heavy atom. The van der Waals surface area contributed by atoms with Crippen LogP contribution in [0.5, 0.6) is 0 Å². The van der Waals surface area contributed by atoms with Crippen LogP contribution in [0.1, 0.15) is 48.1 Å². The van der Waals surface area contributed by atoms with E-state index in [9.17, 15) is 14.7 Å². The number of allylic oxidation sites excluding steroid dienone is 1. The minimum absolute atomic E-state index is 0.260. The Bertz CT molecular complexity index is 1770. The van der Waals surface area contributed by atoms with E-state index in [0.29, 0.717) is 17.8 Å². The first-order valence-corrected chi connectivity index (χ1v) is 13.2. The van der Waals surface area contributed by atoms with Crippen LogP contribution in [0.15, 0.2) is 84.6 Å². The zero-order chi connectivity index (χ0) is 29.1. The summed E-state index contributed by atoms with van der Waals surface area (Å²) in [5, 5.41) is 24.0. The van der Waals surface area contributed by atoms with Crippen LogP contribution < -0.4 is 0 Å². The van der Waals surface area contributed by atoms with Crippen molar-refractivity contribution in [1.29, 1.82) is 0 Å². The number of rotatable bonds is 10. The molecule has 2 N–H and O–H groups in total. The molecule has 9 heteroatoms. The average Bonchev–Trinajstić information content (AvgIpc) is 3.33. The Morgan fingerprint density at radius 3 is 2.54 bits per heavy atom. The highest BCUT2D eigenvalue weighted by Crippen LogP contribution is 2.26. The van der Waals surface area contributed by atoms with Crippen LogP contribution in [-0.2, 0) is 21.7 Å². The van der Waals surface area contributed by atoms with E-state index in [2.05, 4.69) is 15.1 Å². The fourth-order valence-electron chi connectivity index (χ4n) is 4.59. The normalized spacial score (nSPS) is 13.0. The van der Waals surface area contributed by atoms with Crippen LogP contribution in [0.2, 0.25) is 0 Å². The molecular weight excluding hydrogens is 520 g/mol. The van der Waals surface area contributed by atoms with E-state index in [0.717, 1.165) is 33.1 Å². The molecule has 0 spiro atoms. The van der Waals surface area contributed by atoms with Gasteiger partial charge >= 0.3 is 5.97 Å². The maximum absolute atomic E-state index is 13.5. The van der Waals surface area contributed by atoms with Crippen LogP contribution in [-0.4, -0.2) is 54.4 Å². The Kier molecular flexibility index (Phi) is 7.74. The lowest BCUT2D eigenvalue weighted by Gasteiger charge is -2.26. The molecule has 0 saturated carbocycles. The Hall–Kier alpha value is -4.73. The maximum atomic E-state index is 13.5. The molecule has 5 aromatic rings. The number of pyridine rings is 2. The number of carboxylic acids is 1. The highest BCUT2D eigenvalue weighted by atomic mass is 16.5. The monoisotopic (exact) mass is 550 g/mol. The van der Waals surface area contributed by atoms with Gasteiger partial charge in [0.1, 0.15) is 11.2 Å². The summed E-state index contributed by atoms with van der Waals surface area (Å²) in [7, 11) is 0. The molecule has 41 heavy (non-hydrogen) atoms. The number of ether oxygens (including phenoxy) is 1. The number of fused-ring (bicyclic) bond motifs is 2. The lowest BCUT2D eigenvalue weighted by atomic mass is 9.96. The number of hydrogen-bond acceptors (Lipinski definition) is 7. The predicted molar refractivity (Wildman–Crippen MR) is 155 cm³/mol. The van der Waals surface area contributed by atoms with Gasteiger partial charge in [-0.2, -0.15) is 5.10 Å². The van der Waals surface area contributed by atoms with Crippen molar-refractivity contribution < 1.29 is 24.5 Å². The summed E-state index contributed by atoms with van der Waals surface area (Å²) in [5.74, 6) is -1.60. The molecule has 208 valence electrons. The quantitative estimate of drug-likeness (QED) is 0.232. The predicted octanol–water partition coefficient (Wildman–Crippen LogP) is 5.01. The summed E-state index contributed by atoms with van der Waals surface area (Å²) < 4.78 is 7.44. The van der Waals surface area contributed by atoms with Crippen molar-refractivity contribution in [2.24, 2.45) is 0 Å². The van der Waals surface area contributed by atoms with E-state index in [1.807, 2.05) is 93.6 Å². The Balaban J connectivity index is 1.36. The molecule has 9 nitrogen and oxygen atoms in total. The van der Waals surface area contributed by atoms with Crippen LogP contribution in [0, 0.1) is 0 Å². The third kappa shape index (κ3) is 6.06. The van der Waals surface area contributed by atoms with E-state index in [4.69, 9.17) is 9.84 Å². The third-order valence-electron chi connectivity index (χ3n) is 6.86. The van der Waals surface area contributed by atoms with E-state index in [1.165, 1.54) is 0 Å². The second kappa shape index (κ2) is 11.4. The lowest BCUT2D eigenvalue weighted by Crippen LogP contribution is -2.31. The lowest BCUT2D eigenvalue weighted by molar-refractivity contribution is -0.153. The molecule has 0 amide bonds. The number of nitrogens with zero attached hydrogens (tertiary/aromatic N) is 4. The zero-order valence-electron chi connectivity index (χ0n) is 23.0. The summed E-state index contributed by atoms with van der Waals surface area (Å²) in [6.07, 6.45) is 2.10. The fourth-order valence-corrected chi connectivity index (χ4v) is 4.59. The van der Waals surface area contributed by atoms with Crippen LogP contribution in [0.25, 0.3) is 28.0 Å². The number of aliphatic hydroxyl groups excluding tert-OH is 1. The van der Waals surface area contributed by atoms with Crippen molar-refractivity contribution in [1.82, 2.24) is 19.7 Å². The summed E-state index contributed by atoms with van der Waals surface area (Å²) in [5.41, 5.74) is 4.63. The zero-order valence-corrected chi connectivity index (χ0v) is 23.0. The number of benzene rings is 2. The number of carbonyl (C=O) groups is 2. The first kappa shape index (κ1) is 27.8. The molecule has 0 fully saturated rings. The summed E-state index contributed by atoms with van der Waals surface area (Å²) in [4.78, 5) is 33.4. The third-order valence-corrected chi connectivity index (χ3v) is 6.86. The average molecular weight is 551 g/mol. The van der Waals surface area contributed by atoms with E-state index in [-0.39, 0.29) is 18.1 Å². The second-order valence-electron chi connectivity index (χ2n) is 10.4. The van der Waals surface area contributed by atoms with E-state index < -0.39 is 17.7 Å². The first-order valence-electron chi connectivity index (χ1n) is 13.2. The maximum Gasteiger partial charge on any atom is 0.334 e. The molecule has 0 saturated heterocycles. The number of carbonyl (C=O) groups excluding carboxylic acids is 1. The van der Waals surface area contributed by atoms with Gasteiger partial charge in [-0.3, -0.25) is 14.5 Å². The molecular formula is C32H30N4O5. The van der Waals surface area contributed by atoms with Gasteiger partial charge in [0, 0.05) is 11.6 Å². The topological polar surface area (TPSA) is 127 Å². The van der Waals surface area contributed by atoms with Crippen molar-refractivity contribution >= 4 is 39.8 Å². The van der Waals surface area contributed by atoms with Gasteiger partial charge in [0.05, 0.1) is 29.8 Å². The van der Waals surface area contributed by atoms with Crippen molar-refractivity contribution in [3.05, 3.63) is 107 Å². The SMILES string of the molecule is CC(=Cc1ccc(C(C)(C)OC[C@H](O)C(=O)O)cc1)Cn1nc(C(=O)c2ccc3ccccc3n2)c2ncccc21. The fraction of sp³-hybridized carbons (Fsp3) is 0.219. The minimum atomic E-state index is -1.58. The molecule has 0 aliphatic heterocycles. The van der Waals surface area contributed by atoms with Gasteiger partial charge in [0.2, 0.25) is 5.78 Å². The van der Waals surface area contributed by atoms with Gasteiger partial charge in [-0.05, 0) is 56.2 Å². The molecule has 3 heterocycles. The van der Waals surface area contributed by atoms with Crippen molar-refractivity contribution in [3.63, 3.8) is 0 Å². The van der Waals surface area contributed by atoms with Gasteiger partial charge < -0.3 is 14.9 Å². The molecule has 0 bridgehead atoms. The van der Waals surface area contributed by atoms with Gasteiger partial charge in [-0.15, -0.1) is 0 Å². The van der Waals surface area contributed by atoms with Crippen molar-refractivity contribution in [2.75, 3.05) is 6.61 Å². The van der Waals surface area contributed by atoms with Gasteiger partial charge in [-0.25, -0.2) is 9.78 Å². The number of para-hydroxylation sites is 1. The van der Waals surface area contributed by atoms with E-state index in [1.54, 1.807) is 16.9 Å². The van der Waals surface area contributed by atoms with Crippen molar-refractivity contribution in [2.45, 2.75) is 39.0 Å². The summed E-state index contributed by atoms with van der Waals surface area (Å²) in [6.45, 7) is 5.77. The van der Waals surface area contributed by atoms with Gasteiger partial charge in [0.25, 0.3) is 0 Å². The first-order chi connectivity index (χ1) is 19.6. The standard InChI is InChI=1S/C32H30N4O5/c1-20(17-21-10-13-23(14-11-21)32(2,3)41-19-27(37)31(39)40)18-36-26-9-6-16-33-28(26)29(35-36)30(38)25-15-12-22-7-4-5-8-24(22)34-25/h4-17,27,37H,18-19H2,1-3H3,(H,39,40)/t27-/m0/s1. The highest BCUT2D eigenvalue weighted by molar-refractivity contribution is 6.13. The van der Waals surface area contributed by atoms with E-state index >= 15 is 0 Å². The van der Waals surface area contributed by atoms with Gasteiger partial charge in [0.15, 0.2) is 11.8 Å². The number of hydrogen-bond donors (Lipinski definition) is 2. The number of aromatic nitrogens is 4. The smallest absolute Gasteiger partial charge is 0.334 e. The molecule has 0 radical (unpaired) electrons. The second-order valence-corrected chi connectivity index (χ2v) is 10.4. The Labute approximate surface area is 236 Å². The number of carboxylic acid groups (broad SMARTS) is 1. The van der Waals surface area contributed by atoms with Crippen LogP contribution in [0.3, 0.4) is 0 Å². The minimum Gasteiger partial charge on any atom is -0.479 e. The molecule has 1 atom stereocenters. The van der Waals surface area contributed by atoms with Gasteiger partial charge in [-0.1, -0.05) is 60.2 Å². The number of ketones is 1. The number of aliphatic hydroxyl groups is 1. The largest absolute Gasteiger partial charge is 0.479 e. The Morgan fingerprint density at radius 2 is 1.78 bits per heavy atom. The van der Waals surface area contributed by atoms with Crippen LogP contribution >= 0.6 is 0 Å². The van der Waals surface area contributed by atoms with Crippen molar-refractivity contribution in [3.8, 4) is 0 Å². The highest BCUT2D eigenvalue weighted by Gasteiger charge is 2.25. The molecule has 5 rings (SSSR count). The molecule has 0 aliphatic carbocycles. The molecule has 2 aromatic carbocycles. The molecule has 0 unspecified atom stereocenters. The molecule has 3 aromatic heterocycles. The number of aliphatic carboxylic acids is 1. The molecule has 0 aliphatic rings. The van der Waals surface area contributed by atoms with Crippen LogP contribution in [0.4, 0.5) is 0 Å². The summed E-state index contributed by atoms with van der Waals surface area (Å²) >= 11 is 0. The summed E-state index contributed by atoms with van der Waals surface area (Å²) in [6, 6.07) is 22.7.